The minimum Gasteiger partial charge on any atom is -0.379 e. The van der Waals surface area contributed by atoms with Crippen molar-refractivity contribution >= 4 is 0 Å². The van der Waals surface area contributed by atoms with Gasteiger partial charge >= 0.3 is 0 Å². The van der Waals surface area contributed by atoms with Crippen LogP contribution in [0.3, 0.4) is 0 Å². The Morgan fingerprint density at radius 2 is 1.71 bits per heavy atom. The summed E-state index contributed by atoms with van der Waals surface area (Å²) in [7, 11) is 0. The van der Waals surface area contributed by atoms with E-state index in [-0.39, 0.29) is 5.60 Å². The van der Waals surface area contributed by atoms with E-state index in [2.05, 4.69) is 20.8 Å². The molecule has 3 fully saturated rings. The zero-order valence-corrected chi connectivity index (χ0v) is 16.4. The van der Waals surface area contributed by atoms with Gasteiger partial charge in [-0.2, -0.15) is 0 Å². The highest BCUT2D eigenvalue weighted by Gasteiger charge is 2.39. The lowest BCUT2D eigenvalue weighted by Gasteiger charge is -2.45. The van der Waals surface area contributed by atoms with Gasteiger partial charge < -0.3 is 9.47 Å². The largest absolute Gasteiger partial charge is 0.379 e. The maximum absolute atomic E-state index is 6.52. The molecule has 0 radical (unpaired) electrons. The molecule has 5 atom stereocenters. The van der Waals surface area contributed by atoms with Gasteiger partial charge in [0.05, 0.1) is 11.7 Å². The quantitative estimate of drug-likeness (QED) is 0.569. The summed E-state index contributed by atoms with van der Waals surface area (Å²) in [4.78, 5) is 0. The molecule has 5 unspecified atom stereocenters. The molecule has 3 saturated carbocycles. The predicted molar refractivity (Wildman–Crippen MR) is 100 cm³/mol. The summed E-state index contributed by atoms with van der Waals surface area (Å²) in [6.07, 6.45) is 15.7. The van der Waals surface area contributed by atoms with E-state index >= 15 is 0 Å². The second-order valence-electron chi connectivity index (χ2n) is 9.35. The average Bonchev–Trinajstić information content (AvgIpc) is 2.55. The standard InChI is InChI=1S/C22H40O2/c1-4-23-17(2)21-10-6-7-18(14-21)11-12-24-22(3)15-19-8-5-9-20(13-19)16-22/h17-21H,4-16H2,1-3H3. The van der Waals surface area contributed by atoms with Crippen LogP contribution in [0, 0.1) is 23.7 Å². The molecule has 0 aromatic carbocycles. The zero-order chi connectivity index (χ0) is 17.0. The van der Waals surface area contributed by atoms with E-state index in [1.165, 1.54) is 70.6 Å². The van der Waals surface area contributed by atoms with E-state index in [1.807, 2.05) is 0 Å². The first-order valence-corrected chi connectivity index (χ1v) is 10.8. The van der Waals surface area contributed by atoms with Crippen LogP contribution < -0.4 is 0 Å². The fourth-order valence-corrected chi connectivity index (χ4v) is 6.09. The van der Waals surface area contributed by atoms with Crippen molar-refractivity contribution in [2.45, 2.75) is 103 Å². The number of rotatable bonds is 7. The van der Waals surface area contributed by atoms with Crippen LogP contribution in [-0.4, -0.2) is 24.9 Å². The first-order valence-electron chi connectivity index (χ1n) is 10.8. The highest BCUT2D eigenvalue weighted by Crippen LogP contribution is 2.46. The van der Waals surface area contributed by atoms with E-state index in [4.69, 9.17) is 9.47 Å². The summed E-state index contributed by atoms with van der Waals surface area (Å²) in [6.45, 7) is 8.63. The molecule has 2 nitrogen and oxygen atoms in total. The predicted octanol–water partition coefficient (Wildman–Crippen LogP) is 5.98. The topological polar surface area (TPSA) is 18.5 Å². The Hall–Kier alpha value is -0.0800. The Balaban J connectivity index is 1.41. The van der Waals surface area contributed by atoms with Crippen molar-refractivity contribution in [2.24, 2.45) is 23.7 Å². The van der Waals surface area contributed by atoms with Gasteiger partial charge in [-0.1, -0.05) is 32.1 Å². The molecule has 0 N–H and O–H groups in total. The molecule has 0 saturated heterocycles. The lowest BCUT2D eigenvalue weighted by Crippen LogP contribution is -2.41. The summed E-state index contributed by atoms with van der Waals surface area (Å²) >= 11 is 0. The summed E-state index contributed by atoms with van der Waals surface area (Å²) < 4.78 is 12.4. The van der Waals surface area contributed by atoms with Gasteiger partial charge in [0.25, 0.3) is 0 Å². The highest BCUT2D eigenvalue weighted by molar-refractivity contribution is 4.91. The number of hydrogen-bond acceptors (Lipinski definition) is 2. The summed E-state index contributed by atoms with van der Waals surface area (Å²) in [5, 5.41) is 0. The van der Waals surface area contributed by atoms with E-state index < -0.39 is 0 Å². The molecule has 0 amide bonds. The third-order valence-corrected chi connectivity index (χ3v) is 7.23. The third kappa shape index (κ3) is 4.97. The van der Waals surface area contributed by atoms with Crippen LogP contribution in [0.1, 0.15) is 91.4 Å². The maximum atomic E-state index is 6.52. The van der Waals surface area contributed by atoms with Gasteiger partial charge in [0, 0.05) is 13.2 Å². The van der Waals surface area contributed by atoms with Crippen LogP contribution in [0.2, 0.25) is 0 Å². The fourth-order valence-electron chi connectivity index (χ4n) is 6.09. The van der Waals surface area contributed by atoms with Gasteiger partial charge in [0.15, 0.2) is 0 Å². The highest BCUT2D eigenvalue weighted by atomic mass is 16.5. The van der Waals surface area contributed by atoms with Crippen molar-refractivity contribution < 1.29 is 9.47 Å². The number of hydrogen-bond donors (Lipinski definition) is 0. The molecule has 0 aliphatic heterocycles. The molecular formula is C22H40O2. The van der Waals surface area contributed by atoms with Crippen LogP contribution in [0.5, 0.6) is 0 Å². The van der Waals surface area contributed by atoms with E-state index in [0.29, 0.717) is 6.10 Å². The molecule has 24 heavy (non-hydrogen) atoms. The molecule has 3 aliphatic rings. The van der Waals surface area contributed by atoms with Crippen LogP contribution in [-0.2, 0) is 9.47 Å². The van der Waals surface area contributed by atoms with Gasteiger partial charge in [-0.15, -0.1) is 0 Å². The Morgan fingerprint density at radius 3 is 2.42 bits per heavy atom. The number of fused-ring (bicyclic) bond motifs is 2. The second kappa shape index (κ2) is 8.54. The van der Waals surface area contributed by atoms with E-state index in [0.717, 1.165) is 36.9 Å². The van der Waals surface area contributed by atoms with E-state index in [9.17, 15) is 0 Å². The minimum absolute atomic E-state index is 0.181. The van der Waals surface area contributed by atoms with Crippen LogP contribution in [0.15, 0.2) is 0 Å². The summed E-state index contributed by atoms with van der Waals surface area (Å²) in [6, 6.07) is 0. The van der Waals surface area contributed by atoms with Gasteiger partial charge in [0.2, 0.25) is 0 Å². The lowest BCUT2D eigenvalue weighted by molar-refractivity contribution is -0.0984. The van der Waals surface area contributed by atoms with Crippen molar-refractivity contribution in [3.05, 3.63) is 0 Å². The van der Waals surface area contributed by atoms with E-state index in [1.54, 1.807) is 0 Å². The van der Waals surface area contributed by atoms with Crippen LogP contribution in [0.4, 0.5) is 0 Å². The zero-order valence-electron chi connectivity index (χ0n) is 16.4. The van der Waals surface area contributed by atoms with Crippen molar-refractivity contribution in [3.63, 3.8) is 0 Å². The molecule has 3 aliphatic carbocycles. The molecule has 2 heteroatoms. The van der Waals surface area contributed by atoms with Crippen LogP contribution in [0.25, 0.3) is 0 Å². The third-order valence-electron chi connectivity index (χ3n) is 7.23. The minimum atomic E-state index is 0.181. The Bertz CT molecular complexity index is 368. The molecule has 140 valence electrons. The van der Waals surface area contributed by atoms with Crippen molar-refractivity contribution in [1.29, 1.82) is 0 Å². The summed E-state index contributed by atoms with van der Waals surface area (Å²) in [5.74, 6) is 3.54. The molecule has 0 heterocycles. The summed E-state index contributed by atoms with van der Waals surface area (Å²) in [5.41, 5.74) is 0.181. The molecular weight excluding hydrogens is 296 g/mol. The van der Waals surface area contributed by atoms with Gasteiger partial charge in [-0.3, -0.25) is 0 Å². The second-order valence-corrected chi connectivity index (χ2v) is 9.35. The van der Waals surface area contributed by atoms with Crippen molar-refractivity contribution in [3.8, 4) is 0 Å². The first-order chi connectivity index (χ1) is 11.6. The Labute approximate surface area is 150 Å². The van der Waals surface area contributed by atoms with Gasteiger partial charge in [-0.05, 0) is 83.0 Å². The van der Waals surface area contributed by atoms with Crippen LogP contribution >= 0.6 is 0 Å². The molecule has 0 aromatic rings. The SMILES string of the molecule is CCOC(C)C1CCCC(CCOC2(C)CC3CCCC(C3)C2)C1. The number of ether oxygens (including phenoxy) is 2. The molecule has 0 spiro atoms. The lowest BCUT2D eigenvalue weighted by atomic mass is 9.66. The fraction of sp³-hybridized carbons (Fsp3) is 1.00. The van der Waals surface area contributed by atoms with Gasteiger partial charge in [-0.25, -0.2) is 0 Å². The molecule has 0 aromatic heterocycles. The smallest absolute Gasteiger partial charge is 0.0659 e. The van der Waals surface area contributed by atoms with Crippen molar-refractivity contribution in [2.75, 3.05) is 13.2 Å². The monoisotopic (exact) mass is 336 g/mol. The maximum Gasteiger partial charge on any atom is 0.0659 e. The Morgan fingerprint density at radius 1 is 1.00 bits per heavy atom. The van der Waals surface area contributed by atoms with Crippen molar-refractivity contribution in [1.82, 2.24) is 0 Å². The first kappa shape index (κ1) is 18.7. The normalized spacial score (nSPS) is 41.1. The van der Waals surface area contributed by atoms with Gasteiger partial charge in [0.1, 0.15) is 0 Å². The molecule has 2 bridgehead atoms. The Kier molecular flexibility index (Phi) is 6.65. The molecule has 3 rings (SSSR count). The average molecular weight is 337 g/mol.